The van der Waals surface area contributed by atoms with E-state index < -0.39 is 0 Å². The molecule has 4 nitrogen and oxygen atoms in total. The van der Waals surface area contributed by atoms with E-state index in [1.165, 1.54) is 0 Å². The van der Waals surface area contributed by atoms with Gasteiger partial charge in [0.05, 0.1) is 19.8 Å². The maximum atomic E-state index is 12.2. The molecule has 0 bridgehead atoms. The van der Waals surface area contributed by atoms with Gasteiger partial charge in [-0.15, -0.1) is 0 Å². The van der Waals surface area contributed by atoms with Gasteiger partial charge in [-0.3, -0.25) is 4.79 Å². The van der Waals surface area contributed by atoms with Crippen LogP contribution in [0.5, 0.6) is 5.75 Å². The number of hydrogen-bond acceptors (Lipinski definition) is 3. The number of halogens is 1. The average molecular weight is 360 g/mol. The zero-order valence-corrected chi connectivity index (χ0v) is 15.0. The molecule has 0 aromatic heterocycles. The molecule has 2 aromatic carbocycles. The number of carbonyl (C=O) groups is 1. The quantitative estimate of drug-likeness (QED) is 0.756. The monoisotopic (exact) mass is 359 g/mol. The second-order valence-electron chi connectivity index (χ2n) is 6.17. The number of ether oxygens (including phenoxy) is 2. The molecule has 1 aliphatic rings. The highest BCUT2D eigenvalue weighted by atomic mass is 35.5. The van der Waals surface area contributed by atoms with Gasteiger partial charge in [-0.2, -0.15) is 0 Å². The minimum absolute atomic E-state index is 0.0983. The van der Waals surface area contributed by atoms with Gasteiger partial charge in [0.1, 0.15) is 5.75 Å². The fourth-order valence-electron chi connectivity index (χ4n) is 2.77. The second kappa shape index (κ2) is 8.37. The number of amides is 1. The standard InChI is InChI=1S/C20H22ClNO3/c1-24-17-9-6-15(7-10-17)8-11-20(23)22-12-18(13-22)25-14-16-4-2-3-5-19(16)21/h2-7,9-10,18H,8,11-14H2,1H3. The van der Waals surface area contributed by atoms with Crippen molar-refractivity contribution in [3.63, 3.8) is 0 Å². The van der Waals surface area contributed by atoms with Gasteiger partial charge < -0.3 is 14.4 Å². The van der Waals surface area contributed by atoms with E-state index >= 15 is 0 Å². The molecule has 132 valence electrons. The Bertz CT molecular complexity index is 711. The van der Waals surface area contributed by atoms with Crippen molar-refractivity contribution < 1.29 is 14.3 Å². The van der Waals surface area contributed by atoms with Crippen LogP contribution in [0, 0.1) is 0 Å². The van der Waals surface area contributed by atoms with Crippen LogP contribution in [0.2, 0.25) is 5.02 Å². The van der Waals surface area contributed by atoms with Gasteiger partial charge in [0.2, 0.25) is 5.91 Å². The van der Waals surface area contributed by atoms with Crippen LogP contribution < -0.4 is 4.74 Å². The molecule has 0 aliphatic carbocycles. The smallest absolute Gasteiger partial charge is 0.223 e. The van der Waals surface area contributed by atoms with Crippen LogP contribution >= 0.6 is 11.6 Å². The number of benzene rings is 2. The first-order valence-corrected chi connectivity index (χ1v) is 8.79. The molecule has 1 heterocycles. The van der Waals surface area contributed by atoms with Crippen LogP contribution in [0.4, 0.5) is 0 Å². The Balaban J connectivity index is 1.37. The Morgan fingerprint density at radius 1 is 1.16 bits per heavy atom. The lowest BCUT2D eigenvalue weighted by Crippen LogP contribution is -2.54. The maximum absolute atomic E-state index is 12.2. The molecule has 0 saturated carbocycles. The van der Waals surface area contributed by atoms with Gasteiger partial charge in [0, 0.05) is 24.5 Å². The molecule has 1 saturated heterocycles. The van der Waals surface area contributed by atoms with E-state index in [1.54, 1.807) is 7.11 Å². The van der Waals surface area contributed by atoms with Crippen molar-refractivity contribution in [3.8, 4) is 5.75 Å². The van der Waals surface area contributed by atoms with Gasteiger partial charge in [-0.1, -0.05) is 41.9 Å². The zero-order valence-electron chi connectivity index (χ0n) is 14.3. The van der Waals surface area contributed by atoms with Crippen molar-refractivity contribution in [2.75, 3.05) is 20.2 Å². The van der Waals surface area contributed by atoms with Gasteiger partial charge >= 0.3 is 0 Å². The average Bonchev–Trinajstić information content (AvgIpc) is 2.60. The first-order valence-electron chi connectivity index (χ1n) is 8.41. The Morgan fingerprint density at radius 2 is 1.88 bits per heavy atom. The largest absolute Gasteiger partial charge is 0.497 e. The summed E-state index contributed by atoms with van der Waals surface area (Å²) in [5.41, 5.74) is 2.12. The van der Waals surface area contributed by atoms with Crippen LogP contribution in [0.3, 0.4) is 0 Å². The Morgan fingerprint density at radius 3 is 2.56 bits per heavy atom. The van der Waals surface area contributed by atoms with Crippen LogP contribution in [-0.4, -0.2) is 37.1 Å². The summed E-state index contributed by atoms with van der Waals surface area (Å²) < 4.78 is 11.0. The van der Waals surface area contributed by atoms with E-state index in [0.717, 1.165) is 23.3 Å². The van der Waals surface area contributed by atoms with Gasteiger partial charge in [-0.05, 0) is 35.7 Å². The van der Waals surface area contributed by atoms with Crippen LogP contribution in [0.15, 0.2) is 48.5 Å². The normalized spacial score (nSPS) is 14.2. The van der Waals surface area contributed by atoms with Gasteiger partial charge in [-0.25, -0.2) is 0 Å². The zero-order chi connectivity index (χ0) is 17.6. The summed E-state index contributed by atoms with van der Waals surface area (Å²) >= 11 is 6.11. The lowest BCUT2D eigenvalue weighted by Gasteiger charge is -2.39. The number of aryl methyl sites for hydroxylation is 1. The molecular formula is C20H22ClNO3. The molecule has 0 spiro atoms. The number of nitrogens with zero attached hydrogens (tertiary/aromatic N) is 1. The molecule has 0 unspecified atom stereocenters. The highest BCUT2D eigenvalue weighted by Gasteiger charge is 2.30. The minimum Gasteiger partial charge on any atom is -0.497 e. The summed E-state index contributed by atoms with van der Waals surface area (Å²) in [4.78, 5) is 14.1. The predicted octanol–water partition coefficient (Wildman–Crippen LogP) is 3.71. The van der Waals surface area contributed by atoms with E-state index in [4.69, 9.17) is 21.1 Å². The Kier molecular flexibility index (Phi) is 5.95. The van der Waals surface area contributed by atoms with Crippen molar-refractivity contribution in [1.82, 2.24) is 4.90 Å². The molecule has 0 atom stereocenters. The highest BCUT2D eigenvalue weighted by molar-refractivity contribution is 6.31. The molecule has 0 radical (unpaired) electrons. The molecular weight excluding hydrogens is 338 g/mol. The Hall–Kier alpha value is -2.04. The number of rotatable bonds is 7. The third-order valence-electron chi connectivity index (χ3n) is 4.42. The molecule has 0 N–H and O–H groups in total. The van der Waals surface area contributed by atoms with Crippen LogP contribution in [-0.2, 0) is 22.6 Å². The topological polar surface area (TPSA) is 38.8 Å². The SMILES string of the molecule is COc1ccc(CCC(=O)N2CC(OCc3ccccc3Cl)C2)cc1. The molecule has 25 heavy (non-hydrogen) atoms. The van der Waals surface area contributed by atoms with Crippen molar-refractivity contribution in [2.45, 2.75) is 25.6 Å². The summed E-state index contributed by atoms with van der Waals surface area (Å²) in [5, 5.41) is 0.717. The molecule has 1 aliphatic heterocycles. The fraction of sp³-hybridized carbons (Fsp3) is 0.350. The number of hydrogen-bond donors (Lipinski definition) is 0. The van der Waals surface area contributed by atoms with Crippen LogP contribution in [0.1, 0.15) is 17.5 Å². The summed E-state index contributed by atoms with van der Waals surface area (Å²) in [6.07, 6.45) is 1.36. The van der Waals surface area contributed by atoms with E-state index in [0.29, 0.717) is 31.1 Å². The second-order valence-corrected chi connectivity index (χ2v) is 6.58. The first kappa shape index (κ1) is 17.8. The maximum Gasteiger partial charge on any atom is 0.223 e. The summed E-state index contributed by atoms with van der Waals surface area (Å²) in [5.74, 6) is 1.00. The van der Waals surface area contributed by atoms with E-state index in [9.17, 15) is 4.79 Å². The molecule has 1 amide bonds. The highest BCUT2D eigenvalue weighted by Crippen LogP contribution is 2.20. The molecule has 1 fully saturated rings. The van der Waals surface area contributed by atoms with E-state index in [-0.39, 0.29) is 12.0 Å². The summed E-state index contributed by atoms with van der Waals surface area (Å²) in [6.45, 7) is 1.80. The number of carbonyl (C=O) groups excluding carboxylic acids is 1. The summed E-state index contributed by atoms with van der Waals surface area (Å²) in [6, 6.07) is 15.5. The van der Waals surface area contributed by atoms with Gasteiger partial charge in [0.25, 0.3) is 0 Å². The van der Waals surface area contributed by atoms with Crippen molar-refractivity contribution in [3.05, 3.63) is 64.7 Å². The van der Waals surface area contributed by atoms with E-state index in [1.807, 2.05) is 53.4 Å². The van der Waals surface area contributed by atoms with Crippen molar-refractivity contribution >= 4 is 17.5 Å². The van der Waals surface area contributed by atoms with E-state index in [2.05, 4.69) is 0 Å². The predicted molar refractivity (Wildman–Crippen MR) is 97.9 cm³/mol. The number of methoxy groups -OCH3 is 1. The third-order valence-corrected chi connectivity index (χ3v) is 4.79. The van der Waals surface area contributed by atoms with Crippen molar-refractivity contribution in [1.29, 1.82) is 0 Å². The molecule has 5 heteroatoms. The van der Waals surface area contributed by atoms with Gasteiger partial charge in [0.15, 0.2) is 0 Å². The molecule has 3 rings (SSSR count). The number of likely N-dealkylation sites (tertiary alicyclic amines) is 1. The van der Waals surface area contributed by atoms with Crippen LogP contribution in [0.25, 0.3) is 0 Å². The lowest BCUT2D eigenvalue weighted by molar-refractivity contribution is -0.145. The fourth-order valence-corrected chi connectivity index (χ4v) is 2.96. The summed E-state index contributed by atoms with van der Waals surface area (Å²) in [7, 11) is 1.65. The third kappa shape index (κ3) is 4.74. The Labute approximate surface area is 153 Å². The first-order chi connectivity index (χ1) is 12.2. The molecule has 2 aromatic rings. The minimum atomic E-state index is 0.0983. The van der Waals surface area contributed by atoms with Crippen molar-refractivity contribution in [2.24, 2.45) is 0 Å². The lowest BCUT2D eigenvalue weighted by atomic mass is 10.1.